The van der Waals surface area contributed by atoms with Crippen molar-refractivity contribution < 1.29 is 26.3 Å². The zero-order valence-electron chi connectivity index (χ0n) is 14.6. The molecule has 1 aromatic rings. The molecule has 0 aliphatic carbocycles. The fraction of sp³-hybridized carbons (Fsp3) is 0.688. The third kappa shape index (κ3) is 4.92. The standard InChI is InChI=1S/C16H21ClF3N3O3S/c17-14-2-1-13(15(21-14)16(18,19)20)27(24,25)23-7-5-22(6-8-23)11-12-3-9-26-10-4-12/h1-2,12H,3-11H2. The van der Waals surface area contributed by atoms with Gasteiger partial charge in [-0.25, -0.2) is 13.4 Å². The van der Waals surface area contributed by atoms with Gasteiger partial charge in [-0.2, -0.15) is 17.5 Å². The van der Waals surface area contributed by atoms with Crippen molar-refractivity contribution in [2.24, 2.45) is 5.92 Å². The summed E-state index contributed by atoms with van der Waals surface area (Å²) in [6, 6.07) is 1.94. The molecular formula is C16H21ClF3N3O3S. The number of piperazine rings is 1. The molecule has 0 unspecified atom stereocenters. The van der Waals surface area contributed by atoms with Crippen LogP contribution >= 0.6 is 11.6 Å². The van der Waals surface area contributed by atoms with Crippen molar-refractivity contribution in [1.82, 2.24) is 14.2 Å². The Bertz CT molecular complexity index is 762. The predicted molar refractivity (Wildman–Crippen MR) is 93.0 cm³/mol. The molecule has 2 aliphatic heterocycles. The van der Waals surface area contributed by atoms with E-state index < -0.39 is 31.9 Å². The van der Waals surface area contributed by atoms with Crippen molar-refractivity contribution in [3.8, 4) is 0 Å². The second-order valence-electron chi connectivity index (χ2n) is 6.74. The first kappa shape index (κ1) is 20.8. The van der Waals surface area contributed by atoms with Crippen molar-refractivity contribution in [1.29, 1.82) is 0 Å². The van der Waals surface area contributed by atoms with Gasteiger partial charge in [0.2, 0.25) is 10.0 Å². The van der Waals surface area contributed by atoms with Gasteiger partial charge in [-0.1, -0.05) is 11.6 Å². The highest BCUT2D eigenvalue weighted by atomic mass is 35.5. The maximum atomic E-state index is 13.2. The molecule has 2 saturated heterocycles. The quantitative estimate of drug-likeness (QED) is 0.691. The fourth-order valence-electron chi connectivity index (χ4n) is 3.42. The number of halogens is 4. The minimum Gasteiger partial charge on any atom is -0.381 e. The topological polar surface area (TPSA) is 62.7 Å². The normalized spacial score (nSPS) is 21.5. The van der Waals surface area contributed by atoms with Crippen LogP contribution in [0.15, 0.2) is 17.0 Å². The van der Waals surface area contributed by atoms with Gasteiger partial charge in [0, 0.05) is 45.9 Å². The number of hydrogen-bond acceptors (Lipinski definition) is 5. The molecular weight excluding hydrogens is 407 g/mol. The van der Waals surface area contributed by atoms with Crippen LogP contribution in [0.1, 0.15) is 18.5 Å². The summed E-state index contributed by atoms with van der Waals surface area (Å²) >= 11 is 5.54. The maximum absolute atomic E-state index is 13.2. The summed E-state index contributed by atoms with van der Waals surface area (Å²) in [5, 5.41) is -0.400. The van der Waals surface area contributed by atoms with Crippen LogP contribution in [-0.2, 0) is 20.9 Å². The first-order valence-corrected chi connectivity index (χ1v) is 10.5. The monoisotopic (exact) mass is 427 g/mol. The van der Waals surface area contributed by atoms with E-state index in [1.165, 1.54) is 0 Å². The van der Waals surface area contributed by atoms with E-state index >= 15 is 0 Å². The Balaban J connectivity index is 1.70. The van der Waals surface area contributed by atoms with Crippen LogP contribution in [-0.4, -0.2) is 68.5 Å². The Labute approximate surface area is 161 Å². The lowest BCUT2D eigenvalue weighted by Crippen LogP contribution is -2.50. The van der Waals surface area contributed by atoms with Crippen LogP contribution in [0.4, 0.5) is 13.2 Å². The summed E-state index contributed by atoms with van der Waals surface area (Å²) in [6.45, 7) is 3.59. The van der Waals surface area contributed by atoms with Crippen LogP contribution in [0, 0.1) is 5.92 Å². The summed E-state index contributed by atoms with van der Waals surface area (Å²) in [5.74, 6) is 0.513. The zero-order chi connectivity index (χ0) is 19.7. The summed E-state index contributed by atoms with van der Waals surface area (Å²) in [4.78, 5) is 4.52. The Morgan fingerprint density at radius 1 is 1.15 bits per heavy atom. The molecule has 2 aliphatic rings. The van der Waals surface area contributed by atoms with E-state index in [2.05, 4.69) is 9.88 Å². The Morgan fingerprint density at radius 2 is 1.78 bits per heavy atom. The van der Waals surface area contributed by atoms with Crippen LogP contribution < -0.4 is 0 Å². The molecule has 0 spiro atoms. The SMILES string of the molecule is O=S(=O)(c1ccc(Cl)nc1C(F)(F)F)N1CCN(CC2CCOCC2)CC1. The van der Waals surface area contributed by atoms with Crippen molar-refractivity contribution in [3.63, 3.8) is 0 Å². The third-order valence-corrected chi connectivity index (χ3v) is 7.04. The van der Waals surface area contributed by atoms with Gasteiger partial charge in [0.25, 0.3) is 0 Å². The van der Waals surface area contributed by atoms with E-state index in [0.29, 0.717) is 19.0 Å². The van der Waals surface area contributed by atoms with E-state index in [-0.39, 0.29) is 13.1 Å². The van der Waals surface area contributed by atoms with Crippen molar-refractivity contribution in [2.45, 2.75) is 23.9 Å². The molecule has 0 bridgehead atoms. The van der Waals surface area contributed by atoms with Crippen LogP contribution in [0.2, 0.25) is 5.15 Å². The number of rotatable bonds is 4. The molecule has 11 heteroatoms. The van der Waals surface area contributed by atoms with Crippen molar-refractivity contribution >= 4 is 21.6 Å². The lowest BCUT2D eigenvalue weighted by Gasteiger charge is -2.36. The predicted octanol–water partition coefficient (Wildman–Crippen LogP) is 2.49. The van der Waals surface area contributed by atoms with E-state index in [9.17, 15) is 21.6 Å². The molecule has 6 nitrogen and oxygen atoms in total. The van der Waals surface area contributed by atoms with Gasteiger partial charge in [0.15, 0.2) is 5.69 Å². The minimum absolute atomic E-state index is 0.144. The largest absolute Gasteiger partial charge is 0.434 e. The second-order valence-corrected chi connectivity index (χ2v) is 9.03. The Hall–Kier alpha value is -0.940. The molecule has 0 saturated carbocycles. The smallest absolute Gasteiger partial charge is 0.381 e. The first-order valence-electron chi connectivity index (χ1n) is 8.72. The molecule has 0 radical (unpaired) electrons. The van der Waals surface area contributed by atoms with Crippen LogP contribution in [0.25, 0.3) is 0 Å². The molecule has 3 rings (SSSR count). The fourth-order valence-corrected chi connectivity index (χ4v) is 5.13. The average molecular weight is 428 g/mol. The van der Waals surface area contributed by atoms with Crippen molar-refractivity contribution in [3.05, 3.63) is 23.0 Å². The van der Waals surface area contributed by atoms with E-state index in [4.69, 9.17) is 16.3 Å². The summed E-state index contributed by atoms with van der Waals surface area (Å²) < 4.78 is 71.6. The van der Waals surface area contributed by atoms with Gasteiger partial charge < -0.3 is 9.64 Å². The number of hydrogen-bond donors (Lipinski definition) is 0. The van der Waals surface area contributed by atoms with Gasteiger partial charge in [-0.15, -0.1) is 0 Å². The number of aromatic nitrogens is 1. The van der Waals surface area contributed by atoms with Gasteiger partial charge in [0.05, 0.1) is 0 Å². The number of ether oxygens (including phenoxy) is 1. The van der Waals surface area contributed by atoms with E-state index in [1.807, 2.05) is 0 Å². The molecule has 0 atom stereocenters. The first-order chi connectivity index (χ1) is 12.7. The number of sulfonamides is 1. The van der Waals surface area contributed by atoms with Gasteiger partial charge in [-0.05, 0) is 30.9 Å². The molecule has 0 aromatic carbocycles. The lowest BCUT2D eigenvalue weighted by molar-refractivity contribution is -0.143. The highest BCUT2D eigenvalue weighted by Crippen LogP contribution is 2.35. The summed E-state index contributed by atoms with van der Waals surface area (Å²) in [5.41, 5.74) is -1.47. The minimum atomic E-state index is -4.90. The number of alkyl halides is 3. The summed E-state index contributed by atoms with van der Waals surface area (Å²) in [6.07, 6.45) is -2.95. The highest BCUT2D eigenvalue weighted by molar-refractivity contribution is 7.89. The highest BCUT2D eigenvalue weighted by Gasteiger charge is 2.41. The van der Waals surface area contributed by atoms with Crippen molar-refractivity contribution in [2.75, 3.05) is 45.9 Å². The lowest BCUT2D eigenvalue weighted by atomic mass is 9.99. The molecule has 1 aromatic heterocycles. The van der Waals surface area contributed by atoms with Crippen LogP contribution in [0.5, 0.6) is 0 Å². The van der Waals surface area contributed by atoms with E-state index in [1.54, 1.807) is 0 Å². The molecule has 0 N–H and O–H groups in total. The third-order valence-electron chi connectivity index (χ3n) is 4.90. The second kappa shape index (κ2) is 8.20. The molecule has 152 valence electrons. The number of nitrogens with zero attached hydrogens (tertiary/aromatic N) is 3. The molecule has 0 amide bonds. The van der Waals surface area contributed by atoms with Gasteiger partial charge >= 0.3 is 6.18 Å². The molecule has 27 heavy (non-hydrogen) atoms. The van der Waals surface area contributed by atoms with Crippen LogP contribution in [0.3, 0.4) is 0 Å². The number of pyridine rings is 1. The molecule has 3 heterocycles. The Morgan fingerprint density at radius 3 is 2.37 bits per heavy atom. The Kier molecular flexibility index (Phi) is 6.31. The zero-order valence-corrected chi connectivity index (χ0v) is 16.2. The molecule has 2 fully saturated rings. The van der Waals surface area contributed by atoms with E-state index in [0.717, 1.165) is 49.0 Å². The summed E-state index contributed by atoms with van der Waals surface area (Å²) in [7, 11) is -4.30. The van der Waals surface area contributed by atoms with Gasteiger partial charge in [0.1, 0.15) is 10.0 Å². The van der Waals surface area contributed by atoms with Gasteiger partial charge in [-0.3, -0.25) is 0 Å². The maximum Gasteiger partial charge on any atom is 0.434 e. The average Bonchev–Trinajstić information content (AvgIpc) is 2.62.